The first-order valence-corrected chi connectivity index (χ1v) is 8.19. The third-order valence-corrected chi connectivity index (χ3v) is 4.64. The SMILES string of the molecule is Nc1n[nH]c2ncc(C(=O)N3CCCCC3c3ccccc3)cc12. The van der Waals surface area contributed by atoms with E-state index in [0.29, 0.717) is 22.4 Å². The molecule has 1 atom stereocenters. The second-order valence-corrected chi connectivity index (χ2v) is 6.15. The lowest BCUT2D eigenvalue weighted by Gasteiger charge is -2.36. The van der Waals surface area contributed by atoms with E-state index in [1.807, 2.05) is 23.1 Å². The summed E-state index contributed by atoms with van der Waals surface area (Å²) in [6.45, 7) is 0.761. The standard InChI is InChI=1S/C18H19N5O/c19-16-14-10-13(11-20-17(14)22-21-16)18(24)23-9-5-4-8-15(23)12-6-2-1-3-7-12/h1-3,6-7,10-11,15H,4-5,8-9H2,(H3,19,20,21,22). The summed E-state index contributed by atoms with van der Waals surface area (Å²) in [6.07, 6.45) is 4.74. The quantitative estimate of drug-likeness (QED) is 0.759. The van der Waals surface area contributed by atoms with Crippen molar-refractivity contribution in [2.45, 2.75) is 25.3 Å². The monoisotopic (exact) mass is 321 g/mol. The van der Waals surface area contributed by atoms with Gasteiger partial charge in [0, 0.05) is 12.7 Å². The van der Waals surface area contributed by atoms with E-state index >= 15 is 0 Å². The number of hydrogen-bond donors (Lipinski definition) is 2. The van der Waals surface area contributed by atoms with Crippen LogP contribution in [-0.4, -0.2) is 32.5 Å². The molecule has 6 heteroatoms. The molecule has 0 radical (unpaired) electrons. The maximum Gasteiger partial charge on any atom is 0.255 e. The van der Waals surface area contributed by atoms with Crippen LogP contribution in [0.2, 0.25) is 0 Å². The maximum absolute atomic E-state index is 13.1. The minimum Gasteiger partial charge on any atom is -0.382 e. The molecule has 3 N–H and O–H groups in total. The number of carbonyl (C=O) groups is 1. The fraction of sp³-hybridized carbons (Fsp3) is 0.278. The number of benzene rings is 1. The number of hydrogen-bond acceptors (Lipinski definition) is 4. The molecule has 6 nitrogen and oxygen atoms in total. The van der Waals surface area contributed by atoms with Gasteiger partial charge in [0.1, 0.15) is 0 Å². The van der Waals surface area contributed by atoms with Crippen LogP contribution in [0.3, 0.4) is 0 Å². The number of nitrogens with two attached hydrogens (primary N) is 1. The molecule has 1 fully saturated rings. The van der Waals surface area contributed by atoms with Crippen LogP contribution in [-0.2, 0) is 0 Å². The van der Waals surface area contributed by atoms with Crippen molar-refractivity contribution in [3.63, 3.8) is 0 Å². The molecule has 1 aliphatic heterocycles. The Morgan fingerprint density at radius 3 is 2.92 bits per heavy atom. The third-order valence-electron chi connectivity index (χ3n) is 4.64. The van der Waals surface area contributed by atoms with Crippen molar-refractivity contribution in [1.29, 1.82) is 0 Å². The first-order valence-electron chi connectivity index (χ1n) is 8.19. The predicted molar refractivity (Wildman–Crippen MR) is 92.4 cm³/mol. The molecule has 122 valence electrons. The van der Waals surface area contributed by atoms with Gasteiger partial charge in [-0.2, -0.15) is 5.10 Å². The van der Waals surface area contributed by atoms with Gasteiger partial charge in [-0.15, -0.1) is 0 Å². The smallest absolute Gasteiger partial charge is 0.255 e. The Bertz CT molecular complexity index is 874. The highest BCUT2D eigenvalue weighted by molar-refractivity contribution is 5.99. The van der Waals surface area contributed by atoms with Crippen LogP contribution in [0, 0.1) is 0 Å². The van der Waals surface area contributed by atoms with Crippen LogP contribution in [0.1, 0.15) is 41.2 Å². The Kier molecular flexibility index (Phi) is 3.65. The second kappa shape index (κ2) is 5.96. The summed E-state index contributed by atoms with van der Waals surface area (Å²) in [7, 11) is 0. The number of nitrogen functional groups attached to an aromatic ring is 1. The first kappa shape index (κ1) is 14.7. The molecule has 24 heavy (non-hydrogen) atoms. The molecule has 2 aromatic heterocycles. The Labute approximate surface area is 139 Å². The molecule has 3 heterocycles. The number of amides is 1. The number of fused-ring (bicyclic) bond motifs is 1. The molecule has 0 bridgehead atoms. The van der Waals surface area contributed by atoms with Crippen molar-refractivity contribution in [2.75, 3.05) is 12.3 Å². The number of carbonyl (C=O) groups excluding carboxylic acids is 1. The normalized spacial score (nSPS) is 18.0. The highest BCUT2D eigenvalue weighted by Gasteiger charge is 2.29. The molecule has 1 aliphatic rings. The Morgan fingerprint density at radius 2 is 2.08 bits per heavy atom. The van der Waals surface area contributed by atoms with Gasteiger partial charge in [0.15, 0.2) is 11.5 Å². The van der Waals surface area contributed by atoms with Gasteiger partial charge in [-0.25, -0.2) is 4.98 Å². The highest BCUT2D eigenvalue weighted by atomic mass is 16.2. The predicted octanol–water partition coefficient (Wildman–Crippen LogP) is 2.91. The molecule has 4 rings (SSSR count). The number of likely N-dealkylation sites (tertiary alicyclic amines) is 1. The molecule has 0 spiro atoms. The summed E-state index contributed by atoms with van der Waals surface area (Å²) in [4.78, 5) is 19.3. The number of H-pyrrole nitrogens is 1. The average Bonchev–Trinajstić information content (AvgIpc) is 3.02. The van der Waals surface area contributed by atoms with Crippen LogP contribution in [0.5, 0.6) is 0 Å². The Hall–Kier alpha value is -2.89. The van der Waals surface area contributed by atoms with Gasteiger partial charge in [-0.1, -0.05) is 30.3 Å². The van der Waals surface area contributed by atoms with Gasteiger partial charge in [-0.05, 0) is 30.9 Å². The number of nitrogens with zero attached hydrogens (tertiary/aromatic N) is 3. The fourth-order valence-corrected chi connectivity index (χ4v) is 3.40. The van der Waals surface area contributed by atoms with Crippen LogP contribution in [0.15, 0.2) is 42.6 Å². The van der Waals surface area contributed by atoms with E-state index in [-0.39, 0.29) is 11.9 Å². The van der Waals surface area contributed by atoms with Crippen LogP contribution < -0.4 is 5.73 Å². The number of aromatic amines is 1. The first-order chi connectivity index (χ1) is 11.7. The number of piperidine rings is 1. The van der Waals surface area contributed by atoms with Crippen LogP contribution in [0.4, 0.5) is 5.82 Å². The van der Waals surface area contributed by atoms with E-state index in [2.05, 4.69) is 27.3 Å². The topological polar surface area (TPSA) is 87.9 Å². The Morgan fingerprint density at radius 1 is 1.25 bits per heavy atom. The zero-order valence-corrected chi connectivity index (χ0v) is 13.3. The van der Waals surface area contributed by atoms with Gasteiger partial charge in [0.05, 0.1) is 17.0 Å². The lowest BCUT2D eigenvalue weighted by molar-refractivity contribution is 0.0611. The van der Waals surface area contributed by atoms with Crippen molar-refractivity contribution in [3.05, 3.63) is 53.7 Å². The maximum atomic E-state index is 13.1. The fourth-order valence-electron chi connectivity index (χ4n) is 3.40. The van der Waals surface area contributed by atoms with E-state index in [4.69, 9.17) is 5.73 Å². The van der Waals surface area contributed by atoms with E-state index in [1.54, 1.807) is 12.3 Å². The van der Waals surface area contributed by atoms with Gasteiger partial charge >= 0.3 is 0 Å². The molecule has 0 aliphatic carbocycles. The van der Waals surface area contributed by atoms with E-state index in [9.17, 15) is 4.79 Å². The molecule has 3 aromatic rings. The van der Waals surface area contributed by atoms with Gasteiger partial charge < -0.3 is 10.6 Å². The lowest BCUT2D eigenvalue weighted by atomic mass is 9.94. The molecular formula is C18H19N5O. The number of anilines is 1. The summed E-state index contributed by atoms with van der Waals surface area (Å²) < 4.78 is 0. The summed E-state index contributed by atoms with van der Waals surface area (Å²) in [5.74, 6) is 0.365. The zero-order valence-electron chi connectivity index (χ0n) is 13.3. The minimum atomic E-state index is -0.00134. The van der Waals surface area contributed by atoms with Crippen molar-refractivity contribution in [1.82, 2.24) is 20.1 Å². The minimum absolute atomic E-state index is 0.00134. The zero-order chi connectivity index (χ0) is 16.5. The van der Waals surface area contributed by atoms with Gasteiger partial charge in [0.25, 0.3) is 5.91 Å². The molecule has 1 saturated heterocycles. The largest absolute Gasteiger partial charge is 0.382 e. The van der Waals surface area contributed by atoms with Crippen molar-refractivity contribution in [2.24, 2.45) is 0 Å². The lowest BCUT2D eigenvalue weighted by Crippen LogP contribution is -2.38. The average molecular weight is 321 g/mol. The summed E-state index contributed by atoms with van der Waals surface area (Å²) in [6, 6.07) is 12.1. The van der Waals surface area contributed by atoms with E-state index in [1.165, 1.54) is 5.56 Å². The van der Waals surface area contributed by atoms with Gasteiger partial charge in [0.2, 0.25) is 0 Å². The number of pyridine rings is 1. The highest BCUT2D eigenvalue weighted by Crippen LogP contribution is 2.32. The van der Waals surface area contributed by atoms with E-state index in [0.717, 1.165) is 25.8 Å². The third kappa shape index (κ3) is 2.50. The Balaban J connectivity index is 1.68. The van der Waals surface area contributed by atoms with Crippen molar-refractivity contribution in [3.8, 4) is 0 Å². The molecule has 1 aromatic carbocycles. The van der Waals surface area contributed by atoms with Crippen LogP contribution >= 0.6 is 0 Å². The van der Waals surface area contributed by atoms with E-state index < -0.39 is 0 Å². The molecule has 0 saturated carbocycles. The van der Waals surface area contributed by atoms with Crippen molar-refractivity contribution < 1.29 is 4.79 Å². The van der Waals surface area contributed by atoms with Crippen LogP contribution in [0.25, 0.3) is 11.0 Å². The summed E-state index contributed by atoms with van der Waals surface area (Å²) in [5, 5.41) is 7.38. The summed E-state index contributed by atoms with van der Waals surface area (Å²) in [5.41, 5.74) is 8.17. The number of aromatic nitrogens is 3. The summed E-state index contributed by atoms with van der Waals surface area (Å²) >= 11 is 0. The number of rotatable bonds is 2. The molecule has 1 amide bonds. The number of nitrogens with one attached hydrogen (secondary N) is 1. The second-order valence-electron chi connectivity index (χ2n) is 6.15. The van der Waals surface area contributed by atoms with Crippen molar-refractivity contribution >= 4 is 22.8 Å². The molecular weight excluding hydrogens is 302 g/mol. The van der Waals surface area contributed by atoms with Gasteiger partial charge in [-0.3, -0.25) is 9.89 Å². The molecule has 1 unspecified atom stereocenters.